The van der Waals surface area contributed by atoms with Crippen LogP contribution >= 0.6 is 11.3 Å². The first-order valence-electron chi connectivity index (χ1n) is 11.8. The molecule has 1 fully saturated rings. The van der Waals surface area contributed by atoms with Gasteiger partial charge in [-0.15, -0.1) is 11.3 Å². The van der Waals surface area contributed by atoms with Gasteiger partial charge in [-0.05, 0) is 48.9 Å². The monoisotopic (exact) mass is 491 g/mol. The maximum Gasteiger partial charge on any atom is 0.303 e. The second-order valence-electron chi connectivity index (χ2n) is 9.45. The molecule has 2 aromatic carbocycles. The van der Waals surface area contributed by atoms with Crippen molar-refractivity contribution in [1.82, 2.24) is 14.8 Å². The van der Waals surface area contributed by atoms with Gasteiger partial charge in [-0.3, -0.25) is 14.5 Å². The van der Waals surface area contributed by atoms with Crippen molar-refractivity contribution in [1.29, 1.82) is 0 Å². The van der Waals surface area contributed by atoms with Gasteiger partial charge in [-0.2, -0.15) is 0 Å². The number of carbonyl (C=O) groups is 2. The molecule has 4 aromatic rings. The number of rotatable bonds is 9. The first kappa shape index (κ1) is 23.5. The molecule has 2 aromatic heterocycles. The van der Waals surface area contributed by atoms with Gasteiger partial charge >= 0.3 is 5.97 Å². The number of carboxylic acid groups (broad SMARTS) is 1. The molecule has 7 nitrogen and oxygen atoms in total. The van der Waals surface area contributed by atoms with Crippen LogP contribution in [0.2, 0.25) is 0 Å². The highest BCUT2D eigenvalue weighted by atomic mass is 32.1. The van der Waals surface area contributed by atoms with Crippen molar-refractivity contribution < 1.29 is 19.8 Å². The molecule has 182 valence electrons. The zero-order chi connectivity index (χ0) is 24.6. The number of likely N-dealkylation sites (tertiary alicyclic amines) is 1. The Bertz CT molecular complexity index is 1380. The third-order valence-corrected chi connectivity index (χ3v) is 8.12. The van der Waals surface area contributed by atoms with Crippen LogP contribution in [0.1, 0.15) is 42.1 Å². The van der Waals surface area contributed by atoms with Crippen molar-refractivity contribution >= 4 is 44.2 Å². The van der Waals surface area contributed by atoms with E-state index in [1.807, 2.05) is 65.9 Å². The average Bonchev–Trinajstić information content (AvgIpc) is 3.48. The molecule has 8 heteroatoms. The third-order valence-electron chi connectivity index (χ3n) is 7.16. The van der Waals surface area contributed by atoms with Crippen LogP contribution in [-0.4, -0.2) is 61.7 Å². The van der Waals surface area contributed by atoms with Gasteiger partial charge in [0.25, 0.3) is 5.91 Å². The number of aromatic amines is 1. The standard InChI is InChI=1S/C27H29N3O4S/c1-27(11-14-30(27)25(33)21-17-35-23-6-3-2-5-20(21)23)26(34)29(13-4-7-24(31)32)16-18-8-9-19-10-12-28-22(19)15-18/h2-3,5-6,8-10,12,15,17,26,28,34H,4,7,11,13-14,16H2,1H3,(H,31,32). The third kappa shape index (κ3) is 4.45. The lowest BCUT2D eigenvalue weighted by Gasteiger charge is -2.55. The lowest BCUT2D eigenvalue weighted by molar-refractivity contribution is -0.144. The lowest BCUT2D eigenvalue weighted by atomic mass is 9.83. The summed E-state index contributed by atoms with van der Waals surface area (Å²) >= 11 is 1.55. The van der Waals surface area contributed by atoms with Crippen LogP contribution in [0.3, 0.4) is 0 Å². The van der Waals surface area contributed by atoms with Gasteiger partial charge in [0.1, 0.15) is 6.23 Å². The number of benzene rings is 2. The molecule has 1 aliphatic heterocycles. The molecule has 35 heavy (non-hydrogen) atoms. The quantitative estimate of drug-likeness (QED) is 0.296. The highest BCUT2D eigenvalue weighted by Gasteiger charge is 2.51. The van der Waals surface area contributed by atoms with E-state index >= 15 is 0 Å². The summed E-state index contributed by atoms with van der Waals surface area (Å²) in [6.07, 6.45) is 2.07. The summed E-state index contributed by atoms with van der Waals surface area (Å²) in [5, 5.41) is 24.7. The molecule has 2 unspecified atom stereocenters. The molecule has 0 radical (unpaired) electrons. The molecule has 2 atom stereocenters. The summed E-state index contributed by atoms with van der Waals surface area (Å²) in [7, 11) is 0. The molecule has 0 aliphatic carbocycles. The minimum Gasteiger partial charge on any atom is -0.481 e. The molecule has 1 saturated heterocycles. The molecule has 1 aliphatic rings. The van der Waals surface area contributed by atoms with Gasteiger partial charge in [0.05, 0.1) is 11.1 Å². The normalized spacial score (nSPS) is 18.8. The molecule has 0 spiro atoms. The highest BCUT2D eigenvalue weighted by molar-refractivity contribution is 7.17. The van der Waals surface area contributed by atoms with Gasteiger partial charge in [-0.1, -0.05) is 30.3 Å². The van der Waals surface area contributed by atoms with Gasteiger partial charge in [-0.25, -0.2) is 0 Å². The zero-order valence-electron chi connectivity index (χ0n) is 19.6. The van der Waals surface area contributed by atoms with Crippen molar-refractivity contribution in [2.45, 2.75) is 44.5 Å². The van der Waals surface area contributed by atoms with Crippen LogP contribution in [0, 0.1) is 0 Å². The van der Waals surface area contributed by atoms with E-state index in [0.29, 0.717) is 38.0 Å². The van der Waals surface area contributed by atoms with E-state index in [1.165, 1.54) is 0 Å². The van der Waals surface area contributed by atoms with Crippen LogP contribution in [0.15, 0.2) is 60.1 Å². The average molecular weight is 492 g/mol. The predicted molar refractivity (Wildman–Crippen MR) is 137 cm³/mol. The van der Waals surface area contributed by atoms with Crippen LogP contribution in [0.25, 0.3) is 21.0 Å². The van der Waals surface area contributed by atoms with Crippen LogP contribution in [0.5, 0.6) is 0 Å². The number of nitrogens with one attached hydrogen (secondary N) is 1. The summed E-state index contributed by atoms with van der Waals surface area (Å²) in [5.41, 5.74) is 1.93. The van der Waals surface area contributed by atoms with E-state index in [-0.39, 0.29) is 12.3 Å². The second kappa shape index (κ2) is 9.45. The van der Waals surface area contributed by atoms with Crippen molar-refractivity contribution in [3.8, 4) is 0 Å². The van der Waals surface area contributed by atoms with Gasteiger partial charge < -0.3 is 20.1 Å². The number of hydrogen-bond donors (Lipinski definition) is 3. The Morgan fingerprint density at radius 2 is 2.06 bits per heavy atom. The van der Waals surface area contributed by atoms with E-state index in [9.17, 15) is 14.7 Å². The Hall–Kier alpha value is -3.20. The van der Waals surface area contributed by atoms with Crippen LogP contribution < -0.4 is 0 Å². The first-order valence-corrected chi connectivity index (χ1v) is 12.7. The smallest absolute Gasteiger partial charge is 0.303 e. The highest BCUT2D eigenvalue weighted by Crippen LogP contribution is 2.38. The number of carboxylic acids is 1. The van der Waals surface area contributed by atoms with Crippen molar-refractivity contribution in [3.05, 3.63) is 71.2 Å². The van der Waals surface area contributed by atoms with E-state index in [2.05, 4.69) is 11.1 Å². The molecule has 0 saturated carbocycles. The predicted octanol–water partition coefficient (Wildman–Crippen LogP) is 4.67. The molecular formula is C27H29N3O4S. The van der Waals surface area contributed by atoms with E-state index in [0.717, 1.165) is 26.6 Å². The fourth-order valence-corrected chi connectivity index (χ4v) is 5.94. The fraction of sp³-hybridized carbons (Fsp3) is 0.333. The first-order chi connectivity index (χ1) is 16.9. The Balaban J connectivity index is 1.39. The van der Waals surface area contributed by atoms with E-state index < -0.39 is 17.7 Å². The molecule has 3 heterocycles. The number of hydrogen-bond acceptors (Lipinski definition) is 5. The minimum absolute atomic E-state index is 0.0269. The summed E-state index contributed by atoms with van der Waals surface area (Å²) in [6, 6.07) is 16.0. The van der Waals surface area contributed by atoms with Crippen molar-refractivity contribution in [2.75, 3.05) is 13.1 Å². The molecule has 3 N–H and O–H groups in total. The number of aliphatic hydroxyl groups is 1. The Labute approximate surface area is 207 Å². The number of aliphatic hydroxyl groups excluding tert-OH is 1. The minimum atomic E-state index is -0.932. The number of H-pyrrole nitrogens is 1. The van der Waals surface area contributed by atoms with Crippen LogP contribution in [-0.2, 0) is 11.3 Å². The molecular weight excluding hydrogens is 462 g/mol. The molecule has 0 bridgehead atoms. The van der Waals surface area contributed by atoms with Gasteiger partial charge in [0.2, 0.25) is 0 Å². The number of amides is 1. The Kier molecular flexibility index (Phi) is 6.35. The summed E-state index contributed by atoms with van der Waals surface area (Å²) in [5.74, 6) is -0.934. The largest absolute Gasteiger partial charge is 0.481 e. The topological polar surface area (TPSA) is 96.9 Å². The SMILES string of the molecule is CC1(C(O)N(CCCC(=O)O)Cc2ccc3cc[nH]c3c2)CCN1C(=O)c1csc2ccccc12. The number of nitrogens with zero attached hydrogens (tertiary/aromatic N) is 2. The lowest BCUT2D eigenvalue weighted by Crippen LogP contribution is -2.69. The number of carbonyl (C=O) groups excluding carboxylic acids is 1. The Morgan fingerprint density at radius 1 is 1.23 bits per heavy atom. The van der Waals surface area contributed by atoms with Gasteiger partial charge in [0, 0.05) is 53.2 Å². The fourth-order valence-electron chi connectivity index (χ4n) is 5.01. The molecule has 5 rings (SSSR count). The second-order valence-corrected chi connectivity index (χ2v) is 10.4. The number of thiophene rings is 1. The Morgan fingerprint density at radius 3 is 2.83 bits per heavy atom. The van der Waals surface area contributed by atoms with Gasteiger partial charge in [0.15, 0.2) is 0 Å². The van der Waals surface area contributed by atoms with Crippen molar-refractivity contribution in [2.24, 2.45) is 0 Å². The van der Waals surface area contributed by atoms with Crippen LogP contribution in [0.4, 0.5) is 0 Å². The number of aromatic nitrogens is 1. The maximum atomic E-state index is 13.5. The summed E-state index contributed by atoms with van der Waals surface area (Å²) < 4.78 is 1.06. The van der Waals surface area contributed by atoms with E-state index in [1.54, 1.807) is 16.2 Å². The maximum absolute atomic E-state index is 13.5. The molecule has 1 amide bonds. The number of fused-ring (bicyclic) bond motifs is 2. The number of aliphatic carboxylic acids is 1. The van der Waals surface area contributed by atoms with E-state index in [4.69, 9.17) is 5.11 Å². The summed E-state index contributed by atoms with van der Waals surface area (Å²) in [6.45, 7) is 3.37. The summed E-state index contributed by atoms with van der Waals surface area (Å²) in [4.78, 5) is 31.6. The zero-order valence-corrected chi connectivity index (χ0v) is 20.4. The van der Waals surface area contributed by atoms with Crippen molar-refractivity contribution in [3.63, 3.8) is 0 Å².